The summed E-state index contributed by atoms with van der Waals surface area (Å²) in [5.41, 5.74) is 0. The Morgan fingerprint density at radius 1 is 0.964 bits per heavy atom. The van der Waals surface area contributed by atoms with E-state index in [0.717, 1.165) is 0 Å². The van der Waals surface area contributed by atoms with Crippen LogP contribution in [-0.4, -0.2) is 96.0 Å². The Morgan fingerprint density at radius 3 is 1.86 bits per heavy atom. The number of hydrogen-bond donors (Lipinski definition) is 2. The maximum atomic E-state index is 11.0. The van der Waals surface area contributed by atoms with Gasteiger partial charge in [0.1, 0.15) is 18.3 Å². The second kappa shape index (κ2) is 10.7. The summed E-state index contributed by atoms with van der Waals surface area (Å²) in [5.74, 6) is 0. The van der Waals surface area contributed by atoms with Crippen LogP contribution >= 0.6 is 0 Å². The minimum absolute atomic E-state index is 0.300. The predicted octanol–water partition coefficient (Wildman–Crippen LogP) is -3.14. The number of aliphatic hydroxyl groups is 1. The average Bonchev–Trinajstić information content (AvgIpc) is 3.13. The van der Waals surface area contributed by atoms with Gasteiger partial charge in [0.2, 0.25) is 0 Å². The van der Waals surface area contributed by atoms with Gasteiger partial charge in [-0.05, 0) is 0 Å². The first-order valence-electron chi connectivity index (χ1n) is 7.47. The summed E-state index contributed by atoms with van der Waals surface area (Å²) in [6.45, 7) is -2.31. The Labute approximate surface area is 163 Å². The molecule has 0 spiro atoms. The molecule has 0 aromatic rings. The molecule has 0 bridgehead atoms. The van der Waals surface area contributed by atoms with Crippen molar-refractivity contribution in [3.8, 4) is 0 Å². The van der Waals surface area contributed by atoms with Crippen LogP contribution in [0.15, 0.2) is 0 Å². The van der Waals surface area contributed by atoms with E-state index < -0.39 is 71.0 Å². The highest BCUT2D eigenvalue weighted by Crippen LogP contribution is 2.15. The molecule has 0 aliphatic carbocycles. The summed E-state index contributed by atoms with van der Waals surface area (Å²) < 4.78 is 101. The molecule has 4 atom stereocenters. The van der Waals surface area contributed by atoms with Crippen molar-refractivity contribution in [2.45, 2.75) is 18.3 Å². The van der Waals surface area contributed by atoms with E-state index in [-0.39, 0.29) is 26.4 Å². The summed E-state index contributed by atoms with van der Waals surface area (Å²) in [7, 11) is -9.70. The summed E-state index contributed by atoms with van der Waals surface area (Å²) in [5, 5.41) is 9.59. The molecule has 4 unspecified atom stereocenters. The molecule has 2 N–H and O–H groups in total. The zero-order chi connectivity index (χ0) is 20.8. The van der Waals surface area contributed by atoms with Crippen molar-refractivity contribution in [2.75, 3.05) is 39.6 Å². The molecule has 2 rings (SSSR count). The predicted molar refractivity (Wildman–Crippen MR) is 85.8 cm³/mol. The Balaban J connectivity index is 1.80. The van der Waals surface area contributed by atoms with E-state index >= 15 is 0 Å². The molecule has 164 valence electrons. The fourth-order valence-electron chi connectivity index (χ4n) is 1.81. The molecule has 2 heterocycles. The number of aliphatic hydroxyl groups excluding tert-OH is 1. The van der Waals surface area contributed by atoms with Gasteiger partial charge in [0.25, 0.3) is 0 Å². The van der Waals surface area contributed by atoms with E-state index in [1.807, 2.05) is 0 Å². The van der Waals surface area contributed by atoms with Crippen molar-refractivity contribution in [2.24, 2.45) is 0 Å². The van der Waals surface area contributed by atoms with Gasteiger partial charge in [-0.25, -0.2) is 16.7 Å². The smallest absolute Gasteiger partial charge is 0.388 e. The van der Waals surface area contributed by atoms with E-state index in [2.05, 4.69) is 20.9 Å². The molecule has 0 aromatic carbocycles. The molecule has 15 nitrogen and oxygen atoms in total. The normalized spacial score (nSPS) is 28.2. The van der Waals surface area contributed by atoms with Crippen molar-refractivity contribution >= 4 is 39.5 Å². The molecule has 0 aromatic heterocycles. The lowest BCUT2D eigenvalue weighted by atomic mass is 10.2. The van der Waals surface area contributed by atoms with Gasteiger partial charge in [0.15, 0.2) is 0 Å². The molecule has 28 heavy (non-hydrogen) atoms. The van der Waals surface area contributed by atoms with Gasteiger partial charge in [-0.1, -0.05) is 0 Å². The fraction of sp³-hybridized carbons (Fsp3) is 1.00. The maximum absolute atomic E-state index is 11.0. The molecular weight excluding hydrogens is 455 g/mol. The number of hydrogen-bond acceptors (Lipinski definition) is 14. The molecule has 19 heteroatoms. The Kier molecular flexibility index (Phi) is 9.13. The minimum atomic E-state index is -4.10. The second-order valence-corrected chi connectivity index (χ2v) is 8.43. The third-order valence-electron chi connectivity index (χ3n) is 2.93. The van der Waals surface area contributed by atoms with Crippen LogP contribution in [0.4, 0.5) is 0 Å². The maximum Gasteiger partial charge on any atom is 0.639 e. The largest absolute Gasteiger partial charge is 0.639 e. The Bertz CT molecular complexity index is 677. The van der Waals surface area contributed by atoms with E-state index in [4.69, 9.17) is 18.5 Å². The van der Waals surface area contributed by atoms with Gasteiger partial charge >= 0.3 is 39.5 Å². The summed E-state index contributed by atoms with van der Waals surface area (Å²) in [4.78, 5) is 0. The molecular formula is C9H17BO15S3. The van der Waals surface area contributed by atoms with Gasteiger partial charge in [0, 0.05) is 0 Å². The van der Waals surface area contributed by atoms with Gasteiger partial charge in [-0.2, -0.15) is 21.0 Å². The monoisotopic (exact) mass is 472 g/mol. The third kappa shape index (κ3) is 9.03. The zero-order valence-corrected chi connectivity index (χ0v) is 16.4. The van der Waals surface area contributed by atoms with E-state index in [9.17, 15) is 26.2 Å². The summed E-state index contributed by atoms with van der Waals surface area (Å²) >= 11 is -2.58. The highest BCUT2D eigenvalue weighted by atomic mass is 32.3. The van der Waals surface area contributed by atoms with E-state index in [1.165, 1.54) is 0 Å². The van der Waals surface area contributed by atoms with E-state index in [0.29, 0.717) is 0 Å². The highest BCUT2D eigenvalue weighted by Gasteiger charge is 2.35. The van der Waals surface area contributed by atoms with E-state index in [1.54, 1.807) is 0 Å². The Hall–Kier alpha value is -0.285. The minimum Gasteiger partial charge on any atom is -0.388 e. The SMILES string of the molecule is O=S(O)OCC(O)COB(OCC1COS(=O)(=O)O1)OCC1COS(=O)(=O)O1. The quantitative estimate of drug-likeness (QED) is 0.213. The lowest BCUT2D eigenvalue weighted by molar-refractivity contribution is 0.00662. The lowest BCUT2D eigenvalue weighted by Crippen LogP contribution is -2.37. The standard InChI is InChI=1S/C9H17BO15S3/c11-7(2-21-26(12)13)1-18-10(19-3-8-5-22-27(14,15)24-8)20-4-9-6-23-28(16,17)25-9/h7-9,11H,1-6H2,(H,12,13). The van der Waals surface area contributed by atoms with Crippen LogP contribution in [0.2, 0.25) is 0 Å². The highest BCUT2D eigenvalue weighted by molar-refractivity contribution is 7.82. The molecule has 0 amide bonds. The third-order valence-corrected chi connectivity index (χ3v) is 5.13. The van der Waals surface area contributed by atoms with Crippen LogP contribution in [0.25, 0.3) is 0 Å². The van der Waals surface area contributed by atoms with Crippen LogP contribution in [0.1, 0.15) is 0 Å². The molecule has 2 aliphatic heterocycles. The topological polar surface area (TPSA) is 200 Å². The van der Waals surface area contributed by atoms with Crippen LogP contribution in [0.5, 0.6) is 0 Å². The lowest BCUT2D eigenvalue weighted by Gasteiger charge is -2.18. The molecule has 2 saturated heterocycles. The van der Waals surface area contributed by atoms with Crippen molar-refractivity contribution in [1.82, 2.24) is 0 Å². The second-order valence-electron chi connectivity index (χ2n) is 5.27. The molecule has 0 saturated carbocycles. The first-order valence-corrected chi connectivity index (χ1v) is 11.2. The first kappa shape index (κ1) is 24.0. The summed E-state index contributed by atoms with van der Waals surface area (Å²) in [6, 6.07) is 0. The van der Waals surface area contributed by atoms with Crippen molar-refractivity contribution < 1.29 is 65.6 Å². The number of rotatable bonds is 12. The molecule has 2 fully saturated rings. The van der Waals surface area contributed by atoms with Gasteiger partial charge in [0.05, 0.1) is 39.6 Å². The summed E-state index contributed by atoms with van der Waals surface area (Å²) in [6.07, 6.45) is -3.28. The van der Waals surface area contributed by atoms with Crippen LogP contribution in [0, 0.1) is 0 Å². The Morgan fingerprint density at radius 2 is 1.46 bits per heavy atom. The van der Waals surface area contributed by atoms with Gasteiger partial charge in [-0.15, -0.1) is 0 Å². The van der Waals surface area contributed by atoms with Crippen molar-refractivity contribution in [1.29, 1.82) is 0 Å². The first-order chi connectivity index (χ1) is 13.0. The average molecular weight is 472 g/mol. The van der Waals surface area contributed by atoms with Crippen molar-refractivity contribution in [3.05, 3.63) is 0 Å². The molecule has 2 aliphatic rings. The van der Waals surface area contributed by atoms with Gasteiger partial charge in [-0.3, -0.25) is 8.74 Å². The van der Waals surface area contributed by atoms with Crippen LogP contribution in [-0.2, 0) is 67.0 Å². The zero-order valence-electron chi connectivity index (χ0n) is 14.0. The van der Waals surface area contributed by atoms with Crippen LogP contribution < -0.4 is 0 Å². The fourth-order valence-corrected chi connectivity index (χ4v) is 3.72. The molecule has 0 radical (unpaired) electrons. The van der Waals surface area contributed by atoms with Crippen LogP contribution in [0.3, 0.4) is 0 Å². The van der Waals surface area contributed by atoms with Crippen molar-refractivity contribution in [3.63, 3.8) is 0 Å². The van der Waals surface area contributed by atoms with Gasteiger partial charge < -0.3 is 19.1 Å².